The van der Waals surface area contributed by atoms with Crippen LogP contribution in [0.2, 0.25) is 0 Å². The SMILES string of the molecule is C=C/C=C(\C=C/CC(F)(F)F)COc1ccn(-c2ccc(OCCN3CCCC3)cc2)c(=O)c1.CC. The molecule has 0 unspecified atom stereocenters. The zero-order valence-electron chi connectivity index (χ0n) is 21.0. The lowest BCUT2D eigenvalue weighted by Crippen LogP contribution is -2.25. The second-order valence-electron chi connectivity index (χ2n) is 7.95. The summed E-state index contributed by atoms with van der Waals surface area (Å²) in [6, 6.07) is 10.2. The van der Waals surface area contributed by atoms with Crippen LogP contribution in [0.4, 0.5) is 13.2 Å². The van der Waals surface area contributed by atoms with Gasteiger partial charge in [-0.15, -0.1) is 0 Å². The molecule has 0 saturated carbocycles. The summed E-state index contributed by atoms with van der Waals surface area (Å²) in [5.41, 5.74) is 0.900. The first-order valence-electron chi connectivity index (χ1n) is 12.2. The van der Waals surface area contributed by atoms with Gasteiger partial charge in [0.2, 0.25) is 0 Å². The van der Waals surface area contributed by atoms with Gasteiger partial charge in [-0.05, 0) is 61.8 Å². The van der Waals surface area contributed by atoms with Crippen molar-refractivity contribution in [2.75, 3.05) is 32.8 Å². The normalized spacial score (nSPS) is 14.4. The monoisotopic (exact) mass is 504 g/mol. The summed E-state index contributed by atoms with van der Waals surface area (Å²) in [6.45, 7) is 11.4. The van der Waals surface area contributed by atoms with Crippen LogP contribution in [0.3, 0.4) is 0 Å². The van der Waals surface area contributed by atoms with Gasteiger partial charge in [0.15, 0.2) is 0 Å². The highest BCUT2D eigenvalue weighted by Gasteiger charge is 2.24. The van der Waals surface area contributed by atoms with Gasteiger partial charge in [0.1, 0.15) is 24.7 Å². The lowest BCUT2D eigenvalue weighted by atomic mass is 10.2. The van der Waals surface area contributed by atoms with E-state index in [2.05, 4.69) is 11.5 Å². The number of benzene rings is 1. The molecule has 36 heavy (non-hydrogen) atoms. The van der Waals surface area contributed by atoms with Crippen molar-refractivity contribution in [3.63, 3.8) is 0 Å². The maximum atomic E-state index is 12.6. The third-order valence-corrected chi connectivity index (χ3v) is 5.30. The van der Waals surface area contributed by atoms with Crippen LogP contribution in [-0.2, 0) is 0 Å². The van der Waals surface area contributed by atoms with Crippen molar-refractivity contribution in [1.82, 2.24) is 9.47 Å². The Morgan fingerprint density at radius 3 is 2.36 bits per heavy atom. The second kappa shape index (κ2) is 15.0. The molecule has 1 aliphatic rings. The van der Waals surface area contributed by atoms with Crippen LogP contribution in [-0.4, -0.2) is 48.5 Å². The van der Waals surface area contributed by atoms with Crippen LogP contribution in [0.15, 0.2) is 83.8 Å². The minimum absolute atomic E-state index is 0.00724. The summed E-state index contributed by atoms with van der Waals surface area (Å²) in [7, 11) is 0. The molecule has 1 fully saturated rings. The third kappa shape index (κ3) is 10.2. The molecule has 0 aliphatic carbocycles. The molecule has 2 aromatic rings. The van der Waals surface area contributed by atoms with E-state index in [-0.39, 0.29) is 12.2 Å². The zero-order chi connectivity index (χ0) is 26.4. The van der Waals surface area contributed by atoms with E-state index in [1.807, 2.05) is 38.1 Å². The Balaban J connectivity index is 0.00000222. The molecule has 1 saturated heterocycles. The summed E-state index contributed by atoms with van der Waals surface area (Å²) in [5, 5.41) is 0. The van der Waals surface area contributed by atoms with Gasteiger partial charge in [0.25, 0.3) is 5.56 Å². The molecule has 0 bridgehead atoms. The fourth-order valence-corrected chi connectivity index (χ4v) is 3.58. The molecule has 8 heteroatoms. The first-order chi connectivity index (χ1) is 17.3. The number of likely N-dealkylation sites (tertiary alicyclic amines) is 1. The van der Waals surface area contributed by atoms with E-state index in [9.17, 15) is 18.0 Å². The Labute approximate surface area is 211 Å². The number of alkyl halides is 3. The van der Waals surface area contributed by atoms with Gasteiger partial charge in [-0.2, -0.15) is 13.2 Å². The summed E-state index contributed by atoms with van der Waals surface area (Å²) >= 11 is 0. The highest BCUT2D eigenvalue weighted by molar-refractivity contribution is 5.38. The topological polar surface area (TPSA) is 43.7 Å². The lowest BCUT2D eigenvalue weighted by molar-refractivity contribution is -0.125. The number of nitrogens with zero attached hydrogens (tertiary/aromatic N) is 2. The van der Waals surface area contributed by atoms with Gasteiger partial charge >= 0.3 is 6.18 Å². The van der Waals surface area contributed by atoms with Gasteiger partial charge < -0.3 is 9.47 Å². The molecule has 0 atom stereocenters. The zero-order valence-corrected chi connectivity index (χ0v) is 21.0. The lowest BCUT2D eigenvalue weighted by Gasteiger charge is -2.15. The van der Waals surface area contributed by atoms with Crippen molar-refractivity contribution in [3.05, 3.63) is 89.4 Å². The van der Waals surface area contributed by atoms with Crippen LogP contribution in [0.5, 0.6) is 11.5 Å². The minimum atomic E-state index is -4.26. The van der Waals surface area contributed by atoms with Gasteiger partial charge in [-0.25, -0.2) is 0 Å². The summed E-state index contributed by atoms with van der Waals surface area (Å²) in [4.78, 5) is 15.0. The second-order valence-corrected chi connectivity index (χ2v) is 7.95. The molecule has 0 N–H and O–H groups in total. The summed E-state index contributed by atoms with van der Waals surface area (Å²) in [5.74, 6) is 1.07. The van der Waals surface area contributed by atoms with E-state index in [1.165, 1.54) is 35.6 Å². The van der Waals surface area contributed by atoms with Crippen LogP contribution >= 0.6 is 0 Å². The average molecular weight is 505 g/mol. The van der Waals surface area contributed by atoms with Crippen molar-refractivity contribution >= 4 is 0 Å². The Morgan fingerprint density at radius 2 is 1.75 bits per heavy atom. The van der Waals surface area contributed by atoms with Crippen LogP contribution < -0.4 is 15.0 Å². The molecule has 2 heterocycles. The first-order valence-corrected chi connectivity index (χ1v) is 12.2. The Morgan fingerprint density at radius 1 is 1.06 bits per heavy atom. The Kier molecular flexibility index (Phi) is 12.1. The molecule has 5 nitrogen and oxygen atoms in total. The van der Waals surface area contributed by atoms with Gasteiger partial charge in [-0.3, -0.25) is 14.3 Å². The van der Waals surface area contributed by atoms with Gasteiger partial charge in [-0.1, -0.05) is 44.7 Å². The number of rotatable bonds is 11. The quantitative estimate of drug-likeness (QED) is 0.335. The van der Waals surface area contributed by atoms with Crippen LogP contribution in [0.1, 0.15) is 33.1 Å². The van der Waals surface area contributed by atoms with E-state index in [1.54, 1.807) is 18.3 Å². The predicted octanol–water partition coefficient (Wildman–Crippen LogP) is 6.34. The maximum Gasteiger partial charge on any atom is 0.392 e. The number of ether oxygens (including phenoxy) is 2. The summed E-state index contributed by atoms with van der Waals surface area (Å²) < 4.78 is 49.9. The van der Waals surface area contributed by atoms with Gasteiger partial charge in [0.05, 0.1) is 6.42 Å². The Bertz CT molecular complexity index is 1050. The standard InChI is InChI=1S/C26H29F3N2O3.C2H6/c1-2-6-21(7-5-13-26(27,28)29)20-34-24-12-16-31(25(32)19-24)22-8-10-23(11-9-22)33-18-17-30-14-3-4-15-30;1-2/h2,5-12,16,19H,1,3-4,13-15,17-18,20H2;1-2H3/b7-5-,21-6+;. The number of allylic oxidation sites excluding steroid dienone is 3. The fraction of sp³-hybridized carbons (Fsp3) is 0.393. The number of aromatic nitrogens is 1. The first kappa shape index (κ1) is 29.0. The van der Waals surface area contributed by atoms with E-state index in [4.69, 9.17) is 9.47 Å². The molecule has 1 aliphatic heterocycles. The molecule has 196 valence electrons. The average Bonchev–Trinajstić information content (AvgIpc) is 3.37. The van der Waals surface area contributed by atoms with Crippen molar-refractivity contribution in [3.8, 4) is 17.2 Å². The molecule has 0 amide bonds. The number of hydrogen-bond acceptors (Lipinski definition) is 4. The van der Waals surface area contributed by atoms with E-state index in [0.29, 0.717) is 23.6 Å². The molecule has 1 aromatic heterocycles. The minimum Gasteiger partial charge on any atom is -0.492 e. The van der Waals surface area contributed by atoms with E-state index >= 15 is 0 Å². The highest BCUT2D eigenvalue weighted by Crippen LogP contribution is 2.20. The van der Waals surface area contributed by atoms with Crippen molar-refractivity contribution in [2.24, 2.45) is 0 Å². The van der Waals surface area contributed by atoms with Gasteiger partial charge in [0, 0.05) is 24.5 Å². The van der Waals surface area contributed by atoms with Crippen molar-refractivity contribution in [1.29, 1.82) is 0 Å². The van der Waals surface area contributed by atoms with Crippen LogP contribution in [0, 0.1) is 0 Å². The van der Waals surface area contributed by atoms with E-state index < -0.39 is 12.6 Å². The summed E-state index contributed by atoms with van der Waals surface area (Å²) in [6.07, 6.45) is 4.19. The smallest absolute Gasteiger partial charge is 0.392 e. The van der Waals surface area contributed by atoms with Crippen molar-refractivity contribution < 1.29 is 22.6 Å². The molecular weight excluding hydrogens is 469 g/mol. The molecular formula is C28H35F3N2O3. The molecule has 0 spiro atoms. The molecule has 0 radical (unpaired) electrons. The fourth-order valence-electron chi connectivity index (χ4n) is 3.58. The number of pyridine rings is 1. The molecule has 3 rings (SSSR count). The largest absolute Gasteiger partial charge is 0.492 e. The van der Waals surface area contributed by atoms with E-state index in [0.717, 1.165) is 31.5 Å². The van der Waals surface area contributed by atoms with Crippen LogP contribution in [0.25, 0.3) is 5.69 Å². The highest BCUT2D eigenvalue weighted by atomic mass is 19.4. The predicted molar refractivity (Wildman–Crippen MR) is 138 cm³/mol. The number of hydrogen-bond donors (Lipinski definition) is 0. The maximum absolute atomic E-state index is 12.6. The molecule has 1 aromatic carbocycles. The Hall–Kier alpha value is -3.26. The number of halogens is 3. The van der Waals surface area contributed by atoms with Crippen molar-refractivity contribution in [2.45, 2.75) is 39.3 Å². The third-order valence-electron chi connectivity index (χ3n) is 5.30.